The van der Waals surface area contributed by atoms with Crippen LogP contribution in [0.25, 0.3) is 0 Å². The molecule has 1 N–H and O–H groups in total. The molecular formula is C11H14O2. The molecule has 0 heterocycles. The molecule has 0 bridgehead atoms. The van der Waals surface area contributed by atoms with Crippen molar-refractivity contribution in [3.05, 3.63) is 35.9 Å². The van der Waals surface area contributed by atoms with Crippen LogP contribution in [0.1, 0.15) is 18.9 Å². The van der Waals surface area contributed by atoms with Crippen molar-refractivity contribution in [1.29, 1.82) is 0 Å². The summed E-state index contributed by atoms with van der Waals surface area (Å²) in [6, 6.07) is 9.46. The minimum atomic E-state index is -0.805. The van der Waals surface area contributed by atoms with Gasteiger partial charge >= 0.3 is 0 Å². The fraction of sp³-hybridized carbons (Fsp3) is 0.364. The van der Waals surface area contributed by atoms with E-state index in [0.717, 1.165) is 5.56 Å². The van der Waals surface area contributed by atoms with Crippen LogP contribution in [0.2, 0.25) is 0 Å². The van der Waals surface area contributed by atoms with Crippen LogP contribution in [0.3, 0.4) is 0 Å². The number of carbonyl (C=O) groups is 1. The van der Waals surface area contributed by atoms with Crippen LogP contribution < -0.4 is 0 Å². The molecule has 0 unspecified atom stereocenters. The highest BCUT2D eigenvalue weighted by atomic mass is 16.3. The minimum absolute atomic E-state index is 0.103. The van der Waals surface area contributed by atoms with Crippen LogP contribution in [0.15, 0.2) is 30.3 Å². The molecule has 0 amide bonds. The third-order valence-corrected chi connectivity index (χ3v) is 1.98. The predicted molar refractivity (Wildman–Crippen MR) is 51.5 cm³/mol. The van der Waals surface area contributed by atoms with Crippen molar-refractivity contribution in [2.75, 3.05) is 0 Å². The quantitative estimate of drug-likeness (QED) is 0.759. The lowest BCUT2D eigenvalue weighted by molar-refractivity contribution is -0.126. The molecule has 2 heteroatoms. The van der Waals surface area contributed by atoms with Crippen LogP contribution in [0, 0.1) is 0 Å². The normalized spacial score (nSPS) is 12.5. The Bertz CT molecular complexity index is 267. The Hall–Kier alpha value is -1.15. The number of hydrogen-bond donors (Lipinski definition) is 1. The van der Waals surface area contributed by atoms with Crippen molar-refractivity contribution in [3.63, 3.8) is 0 Å². The van der Waals surface area contributed by atoms with E-state index in [0.29, 0.717) is 12.8 Å². The van der Waals surface area contributed by atoms with Crippen LogP contribution in [-0.4, -0.2) is 17.0 Å². The largest absolute Gasteiger partial charge is 0.385 e. The van der Waals surface area contributed by atoms with Gasteiger partial charge in [-0.1, -0.05) is 37.3 Å². The Morgan fingerprint density at radius 3 is 2.54 bits per heavy atom. The Labute approximate surface area is 78.2 Å². The van der Waals surface area contributed by atoms with E-state index in [1.807, 2.05) is 30.3 Å². The highest BCUT2D eigenvalue weighted by Gasteiger charge is 2.12. The number of aliphatic hydroxyl groups is 1. The molecule has 13 heavy (non-hydrogen) atoms. The zero-order valence-electron chi connectivity index (χ0n) is 7.73. The molecule has 0 aliphatic carbocycles. The molecule has 0 aliphatic heterocycles. The summed E-state index contributed by atoms with van der Waals surface area (Å²) in [6.07, 6.45) is 0.0156. The molecule has 70 valence electrons. The number of benzene rings is 1. The molecule has 1 aromatic rings. The van der Waals surface area contributed by atoms with Gasteiger partial charge in [0.2, 0.25) is 0 Å². The molecule has 0 fully saturated rings. The molecule has 1 atom stereocenters. The number of ketones is 1. The summed E-state index contributed by atoms with van der Waals surface area (Å²) in [7, 11) is 0. The van der Waals surface area contributed by atoms with Crippen LogP contribution >= 0.6 is 0 Å². The summed E-state index contributed by atoms with van der Waals surface area (Å²) < 4.78 is 0. The monoisotopic (exact) mass is 178 g/mol. The van der Waals surface area contributed by atoms with Crippen molar-refractivity contribution in [2.24, 2.45) is 0 Å². The first-order chi connectivity index (χ1) is 6.24. The molecule has 0 radical (unpaired) electrons. The zero-order valence-corrected chi connectivity index (χ0v) is 7.73. The van der Waals surface area contributed by atoms with E-state index < -0.39 is 6.10 Å². The van der Waals surface area contributed by atoms with E-state index in [1.54, 1.807) is 6.92 Å². The van der Waals surface area contributed by atoms with Crippen molar-refractivity contribution >= 4 is 5.78 Å². The van der Waals surface area contributed by atoms with Crippen LogP contribution in [0.4, 0.5) is 0 Å². The minimum Gasteiger partial charge on any atom is -0.385 e. The van der Waals surface area contributed by atoms with Gasteiger partial charge in [0.1, 0.15) is 6.10 Å². The zero-order chi connectivity index (χ0) is 9.68. The van der Waals surface area contributed by atoms with E-state index in [2.05, 4.69) is 0 Å². The summed E-state index contributed by atoms with van der Waals surface area (Å²) in [5.74, 6) is -0.103. The van der Waals surface area contributed by atoms with Gasteiger partial charge in [-0.2, -0.15) is 0 Å². The van der Waals surface area contributed by atoms with Gasteiger partial charge in [0.15, 0.2) is 5.78 Å². The second-order valence-corrected chi connectivity index (χ2v) is 3.05. The van der Waals surface area contributed by atoms with Gasteiger partial charge in [0.25, 0.3) is 0 Å². The molecular weight excluding hydrogens is 164 g/mol. The molecule has 0 saturated heterocycles. The van der Waals surface area contributed by atoms with Gasteiger partial charge in [0.05, 0.1) is 0 Å². The first-order valence-corrected chi connectivity index (χ1v) is 4.48. The Balaban J connectivity index is 2.55. The summed E-state index contributed by atoms with van der Waals surface area (Å²) in [6.45, 7) is 1.80. The van der Waals surface area contributed by atoms with Crippen LogP contribution in [0.5, 0.6) is 0 Å². The third kappa shape index (κ3) is 2.99. The van der Waals surface area contributed by atoms with Gasteiger partial charge in [-0.3, -0.25) is 4.79 Å². The van der Waals surface area contributed by atoms with E-state index in [4.69, 9.17) is 0 Å². The maximum Gasteiger partial charge on any atom is 0.165 e. The lowest BCUT2D eigenvalue weighted by Crippen LogP contribution is -2.20. The summed E-state index contributed by atoms with van der Waals surface area (Å²) in [4.78, 5) is 11.3. The van der Waals surface area contributed by atoms with Crippen molar-refractivity contribution < 1.29 is 9.90 Å². The van der Waals surface area contributed by atoms with E-state index in [1.165, 1.54) is 0 Å². The lowest BCUT2D eigenvalue weighted by atomic mass is 10.0. The van der Waals surface area contributed by atoms with E-state index in [-0.39, 0.29) is 5.78 Å². The summed E-state index contributed by atoms with van der Waals surface area (Å²) in [5.41, 5.74) is 0.958. The third-order valence-electron chi connectivity index (χ3n) is 1.98. The molecule has 0 aliphatic rings. The number of rotatable bonds is 4. The first-order valence-electron chi connectivity index (χ1n) is 4.48. The van der Waals surface area contributed by atoms with Gasteiger partial charge in [-0.05, 0) is 12.0 Å². The molecule has 1 rings (SSSR count). The number of carbonyl (C=O) groups excluding carboxylic acids is 1. The van der Waals surface area contributed by atoms with Crippen molar-refractivity contribution in [2.45, 2.75) is 25.9 Å². The first kappa shape index (κ1) is 9.93. The smallest absolute Gasteiger partial charge is 0.165 e. The van der Waals surface area contributed by atoms with E-state index >= 15 is 0 Å². The Morgan fingerprint density at radius 2 is 2.00 bits per heavy atom. The molecule has 2 nitrogen and oxygen atoms in total. The topological polar surface area (TPSA) is 37.3 Å². The Morgan fingerprint density at radius 1 is 1.38 bits per heavy atom. The van der Waals surface area contributed by atoms with Crippen LogP contribution in [-0.2, 0) is 11.2 Å². The molecule has 0 saturated carbocycles. The number of aliphatic hydroxyl groups excluding tert-OH is 1. The average Bonchev–Trinajstić information content (AvgIpc) is 2.18. The highest BCUT2D eigenvalue weighted by molar-refractivity contribution is 5.84. The number of hydrogen-bond acceptors (Lipinski definition) is 2. The fourth-order valence-electron chi connectivity index (χ4n) is 1.14. The summed E-state index contributed by atoms with van der Waals surface area (Å²) >= 11 is 0. The molecule has 0 aromatic heterocycles. The van der Waals surface area contributed by atoms with Gasteiger partial charge in [-0.25, -0.2) is 0 Å². The van der Waals surface area contributed by atoms with Gasteiger partial charge in [-0.15, -0.1) is 0 Å². The molecule has 1 aromatic carbocycles. The average molecular weight is 178 g/mol. The number of Topliss-reactive ketones (excluding diaryl/α,β-unsaturated/α-hetero) is 1. The van der Waals surface area contributed by atoms with Crippen molar-refractivity contribution in [1.82, 2.24) is 0 Å². The fourth-order valence-corrected chi connectivity index (χ4v) is 1.14. The van der Waals surface area contributed by atoms with Gasteiger partial charge in [0, 0.05) is 6.42 Å². The standard InChI is InChI=1S/C11H14O2/c1-2-10(12)11(13)8-9-6-4-3-5-7-9/h3-7,10,12H,2,8H2,1H3/t10-/m1/s1. The summed E-state index contributed by atoms with van der Waals surface area (Å²) in [5, 5.41) is 9.24. The maximum atomic E-state index is 11.3. The Kier molecular flexibility index (Phi) is 3.65. The lowest BCUT2D eigenvalue weighted by Gasteiger charge is -2.05. The van der Waals surface area contributed by atoms with Crippen molar-refractivity contribution in [3.8, 4) is 0 Å². The molecule has 0 spiro atoms. The predicted octanol–water partition coefficient (Wildman–Crippen LogP) is 1.57. The SMILES string of the molecule is CC[C@@H](O)C(=O)Cc1ccccc1. The second kappa shape index (κ2) is 4.77. The second-order valence-electron chi connectivity index (χ2n) is 3.05. The van der Waals surface area contributed by atoms with Gasteiger partial charge < -0.3 is 5.11 Å². The van der Waals surface area contributed by atoms with E-state index in [9.17, 15) is 9.90 Å². The maximum absolute atomic E-state index is 11.3. The highest BCUT2D eigenvalue weighted by Crippen LogP contribution is 2.03.